The number of rotatable bonds is 1. The Labute approximate surface area is 174 Å². The van der Waals surface area contributed by atoms with Crippen molar-refractivity contribution >= 4 is 28.9 Å². The van der Waals surface area contributed by atoms with E-state index in [4.69, 9.17) is 4.74 Å². The first-order valence-corrected chi connectivity index (χ1v) is 9.91. The Morgan fingerprint density at radius 3 is 2.67 bits per heavy atom. The molecule has 1 aliphatic rings. The topological polar surface area (TPSA) is 122 Å². The molecule has 4 atom stereocenters. The molecule has 160 valence electrons. The molecule has 8 heteroatoms. The van der Waals surface area contributed by atoms with Crippen molar-refractivity contribution in [2.75, 3.05) is 0 Å². The van der Waals surface area contributed by atoms with Crippen molar-refractivity contribution in [3.8, 4) is 5.75 Å². The van der Waals surface area contributed by atoms with Gasteiger partial charge in [0.05, 0.1) is 23.5 Å². The van der Waals surface area contributed by atoms with Crippen molar-refractivity contribution in [2.45, 2.75) is 52.0 Å². The normalized spacial score (nSPS) is 27.9. The number of ether oxygens (including phenoxy) is 1. The Balaban J connectivity index is 2.16. The third-order valence-corrected chi connectivity index (χ3v) is 5.39. The number of aromatic hydroxyl groups is 1. The fraction of sp³-hybridized carbons (Fsp3) is 0.409. The molecule has 0 spiro atoms. The Bertz CT molecular complexity index is 1020. The molecule has 0 bridgehead atoms. The average molecular weight is 414 g/mol. The zero-order valence-electron chi connectivity index (χ0n) is 17.1. The number of benzene rings is 1. The highest BCUT2D eigenvalue weighted by molar-refractivity contribution is 6.03. The highest BCUT2D eigenvalue weighted by atomic mass is 16.5. The van der Waals surface area contributed by atoms with Gasteiger partial charge in [-0.3, -0.25) is 4.79 Å². The second kappa shape index (κ2) is 8.81. The molecule has 0 fully saturated rings. The quantitative estimate of drug-likeness (QED) is 0.612. The van der Waals surface area contributed by atoms with Crippen molar-refractivity contribution in [1.82, 2.24) is 9.55 Å². The van der Waals surface area contributed by atoms with Crippen LogP contribution in [0.3, 0.4) is 0 Å². The van der Waals surface area contributed by atoms with Gasteiger partial charge in [0, 0.05) is 24.1 Å². The summed E-state index contributed by atoms with van der Waals surface area (Å²) in [5.74, 6) is -1.91. The van der Waals surface area contributed by atoms with Gasteiger partial charge in [0.2, 0.25) is 0 Å². The largest absolute Gasteiger partial charge is 0.507 e. The number of cyclic esters (lactones) is 1. The summed E-state index contributed by atoms with van der Waals surface area (Å²) in [6.45, 7) is 5.98. The fourth-order valence-electron chi connectivity index (χ4n) is 3.32. The van der Waals surface area contributed by atoms with Crippen molar-refractivity contribution in [1.29, 1.82) is 0 Å². The number of aliphatic hydroxyl groups excluding tert-OH is 2. The lowest BCUT2D eigenvalue weighted by atomic mass is 9.99. The van der Waals surface area contributed by atoms with Crippen LogP contribution in [0.5, 0.6) is 5.75 Å². The van der Waals surface area contributed by atoms with Crippen molar-refractivity contribution < 1.29 is 29.6 Å². The predicted octanol–water partition coefficient (Wildman–Crippen LogP) is 2.21. The number of hydrogen-bond donors (Lipinski definition) is 3. The van der Waals surface area contributed by atoms with E-state index >= 15 is 0 Å². The summed E-state index contributed by atoms with van der Waals surface area (Å²) >= 11 is 0. The maximum Gasteiger partial charge on any atom is 0.342 e. The first kappa shape index (κ1) is 21.7. The third-order valence-electron chi connectivity index (χ3n) is 5.39. The molecule has 1 aliphatic heterocycles. The summed E-state index contributed by atoms with van der Waals surface area (Å²) in [5.41, 5.74) is 1.47. The second-order valence-electron chi connectivity index (χ2n) is 7.46. The highest BCUT2D eigenvalue weighted by Gasteiger charge is 2.26. The first-order chi connectivity index (χ1) is 14.2. The monoisotopic (exact) mass is 414 g/mol. The van der Waals surface area contributed by atoms with Gasteiger partial charge in [-0.05, 0) is 26.3 Å². The lowest BCUT2D eigenvalue weighted by Crippen LogP contribution is -2.32. The molecule has 0 amide bonds. The van der Waals surface area contributed by atoms with Crippen LogP contribution in [0.25, 0.3) is 17.1 Å². The number of aliphatic hydroxyl groups is 2. The van der Waals surface area contributed by atoms with E-state index in [1.54, 1.807) is 26.3 Å². The molecule has 30 heavy (non-hydrogen) atoms. The lowest BCUT2D eigenvalue weighted by Gasteiger charge is -2.20. The minimum Gasteiger partial charge on any atom is -0.507 e. The third kappa shape index (κ3) is 4.15. The minimum absolute atomic E-state index is 0.0219. The van der Waals surface area contributed by atoms with Gasteiger partial charge in [0.1, 0.15) is 23.5 Å². The number of imidazole rings is 1. The number of aromatic nitrogens is 2. The Hall–Kier alpha value is -2.97. The summed E-state index contributed by atoms with van der Waals surface area (Å²) in [6, 6.07) is 1.48. The van der Waals surface area contributed by atoms with E-state index in [1.807, 2.05) is 11.5 Å². The summed E-state index contributed by atoms with van der Waals surface area (Å²) in [7, 11) is 0. The average Bonchev–Trinajstić information content (AvgIpc) is 3.12. The van der Waals surface area contributed by atoms with Crippen LogP contribution in [0.4, 0.5) is 0 Å². The van der Waals surface area contributed by atoms with Crippen LogP contribution in [0.2, 0.25) is 0 Å². The van der Waals surface area contributed by atoms with E-state index in [-0.39, 0.29) is 23.7 Å². The summed E-state index contributed by atoms with van der Waals surface area (Å²) < 4.78 is 7.36. The Morgan fingerprint density at radius 2 is 1.97 bits per heavy atom. The van der Waals surface area contributed by atoms with Gasteiger partial charge >= 0.3 is 5.97 Å². The molecule has 8 nitrogen and oxygen atoms in total. The number of phenols is 1. The summed E-state index contributed by atoms with van der Waals surface area (Å²) in [4.78, 5) is 29.4. The van der Waals surface area contributed by atoms with Gasteiger partial charge in [0.25, 0.3) is 0 Å². The number of carbonyl (C=O) groups excluding carboxylic acids is 2. The number of ketones is 1. The number of aryl methyl sites for hydroxylation is 1. The number of nitrogens with zero attached hydrogens (tertiary/aromatic N) is 2. The fourth-order valence-corrected chi connectivity index (χ4v) is 3.32. The minimum atomic E-state index is -1.57. The Morgan fingerprint density at radius 1 is 1.23 bits per heavy atom. The van der Waals surface area contributed by atoms with E-state index in [9.17, 15) is 24.9 Å². The summed E-state index contributed by atoms with van der Waals surface area (Å²) in [5, 5.41) is 30.9. The van der Waals surface area contributed by atoms with Gasteiger partial charge in [-0.25, -0.2) is 9.78 Å². The predicted molar refractivity (Wildman–Crippen MR) is 111 cm³/mol. The molecular weight excluding hydrogens is 388 g/mol. The van der Waals surface area contributed by atoms with Gasteiger partial charge in [-0.1, -0.05) is 25.2 Å². The molecule has 0 radical (unpaired) electrons. The zero-order chi connectivity index (χ0) is 22.0. The van der Waals surface area contributed by atoms with Crippen molar-refractivity contribution in [2.24, 2.45) is 5.92 Å². The second-order valence-corrected chi connectivity index (χ2v) is 7.46. The Kier molecular flexibility index (Phi) is 6.38. The van der Waals surface area contributed by atoms with Crippen molar-refractivity contribution in [3.63, 3.8) is 0 Å². The molecule has 1 aromatic carbocycles. The number of phenolic OH excluding ortho intramolecular Hbond substituents is 1. The highest BCUT2D eigenvalue weighted by Crippen LogP contribution is 2.32. The van der Waals surface area contributed by atoms with Crippen molar-refractivity contribution in [3.05, 3.63) is 41.7 Å². The summed E-state index contributed by atoms with van der Waals surface area (Å²) in [6.07, 6.45) is 3.86. The molecular formula is C22H26N2O6. The maximum atomic E-state index is 12.9. The molecule has 0 saturated heterocycles. The van der Waals surface area contributed by atoms with E-state index in [2.05, 4.69) is 4.98 Å². The molecule has 2 heterocycles. The van der Waals surface area contributed by atoms with Crippen LogP contribution in [0.1, 0.15) is 43.1 Å². The van der Waals surface area contributed by atoms with Crippen LogP contribution in [-0.2, 0) is 16.1 Å². The first-order valence-electron chi connectivity index (χ1n) is 9.91. The molecule has 3 rings (SSSR count). The van der Waals surface area contributed by atoms with Gasteiger partial charge in [-0.15, -0.1) is 0 Å². The number of carbonyl (C=O) groups is 2. The molecule has 2 aromatic rings. The van der Waals surface area contributed by atoms with E-state index in [1.165, 1.54) is 24.3 Å². The van der Waals surface area contributed by atoms with Gasteiger partial charge in [-0.2, -0.15) is 0 Å². The van der Waals surface area contributed by atoms with Crippen LogP contribution < -0.4 is 0 Å². The van der Waals surface area contributed by atoms with E-state index in [0.717, 1.165) is 0 Å². The molecule has 0 unspecified atom stereocenters. The van der Waals surface area contributed by atoms with Gasteiger partial charge < -0.3 is 24.6 Å². The molecule has 0 saturated carbocycles. The smallest absolute Gasteiger partial charge is 0.342 e. The lowest BCUT2D eigenvalue weighted by molar-refractivity contribution is -0.127. The number of hydrogen-bond acceptors (Lipinski definition) is 7. The number of fused-ring (bicyclic) bond motifs is 3. The zero-order valence-corrected chi connectivity index (χ0v) is 17.1. The van der Waals surface area contributed by atoms with Crippen LogP contribution in [0.15, 0.2) is 30.6 Å². The van der Waals surface area contributed by atoms with E-state index in [0.29, 0.717) is 23.1 Å². The maximum absolute atomic E-state index is 12.9. The molecule has 0 aliphatic carbocycles. The standard InChI is InChI=1S/C22H26N2O6/c1-4-24-11-23-20-14-6-5-7-16(25)21(28)17(26)9-8-12(2)13(3)30-22(29)19(14)18(27)10-15(20)24/h5-6,8-13,16,21,25,27-28H,4,7H2,1-3H3/b6-5+,9-8-/t12-,13+,16+,21+/m1/s1. The van der Waals surface area contributed by atoms with Crippen LogP contribution >= 0.6 is 0 Å². The SMILES string of the molecule is CCn1cnc2c3c(c(O)cc21)C(=O)O[C@@H](C)[C@H](C)/C=C\C(=O)[C@@H](O)[C@@H](O)C/C=C/3. The van der Waals surface area contributed by atoms with E-state index < -0.39 is 30.1 Å². The van der Waals surface area contributed by atoms with Crippen LogP contribution in [0, 0.1) is 5.92 Å². The molecule has 3 N–H and O–H groups in total. The van der Waals surface area contributed by atoms with Gasteiger partial charge in [0.15, 0.2) is 5.78 Å². The number of esters is 1. The van der Waals surface area contributed by atoms with Crippen LogP contribution in [-0.4, -0.2) is 54.9 Å². The molecule has 1 aromatic heterocycles.